The predicted octanol–water partition coefficient (Wildman–Crippen LogP) is 2.24. The molecule has 5 nitrogen and oxygen atoms in total. The van der Waals surface area contributed by atoms with Gasteiger partial charge in [0.15, 0.2) is 0 Å². The van der Waals surface area contributed by atoms with E-state index in [0.29, 0.717) is 10.9 Å². The fourth-order valence-electron chi connectivity index (χ4n) is 3.02. The minimum Gasteiger partial charge on any atom is -0.360 e. The smallest absolute Gasteiger partial charge is 0.360 e. The zero-order valence-corrected chi connectivity index (χ0v) is 13.6. The molecule has 0 bridgehead atoms. The number of halogens is 3. The zero-order valence-electron chi connectivity index (χ0n) is 13.6. The van der Waals surface area contributed by atoms with Crippen molar-refractivity contribution < 1.29 is 18.0 Å². The van der Waals surface area contributed by atoms with E-state index in [4.69, 9.17) is 0 Å². The largest absolute Gasteiger partial charge is 0.403 e. The van der Waals surface area contributed by atoms with Gasteiger partial charge in [-0.2, -0.15) is 13.2 Å². The van der Waals surface area contributed by atoms with Gasteiger partial charge in [-0.05, 0) is 19.1 Å². The van der Waals surface area contributed by atoms with Crippen LogP contribution in [0.1, 0.15) is 17.3 Å². The van der Waals surface area contributed by atoms with E-state index >= 15 is 0 Å². The van der Waals surface area contributed by atoms with Crippen LogP contribution in [0.5, 0.6) is 0 Å². The number of aromatic amines is 1. The van der Waals surface area contributed by atoms with Gasteiger partial charge in [-0.3, -0.25) is 14.5 Å². The molecule has 1 aromatic carbocycles. The van der Waals surface area contributed by atoms with Crippen LogP contribution < -0.4 is 5.43 Å². The van der Waals surface area contributed by atoms with Crippen molar-refractivity contribution in [1.29, 1.82) is 0 Å². The Morgan fingerprint density at radius 3 is 2.44 bits per heavy atom. The van der Waals surface area contributed by atoms with Gasteiger partial charge >= 0.3 is 6.18 Å². The van der Waals surface area contributed by atoms with Crippen LogP contribution in [0.4, 0.5) is 13.2 Å². The Morgan fingerprint density at radius 2 is 1.80 bits per heavy atom. The van der Waals surface area contributed by atoms with E-state index in [9.17, 15) is 22.8 Å². The van der Waals surface area contributed by atoms with Crippen LogP contribution in [0.3, 0.4) is 0 Å². The molecule has 1 saturated heterocycles. The SMILES string of the molecule is CC(N1CCN(C(=O)c2c[nH]c3ccccc3c2=O)CC1)C(F)(F)F. The van der Waals surface area contributed by atoms with Crippen molar-refractivity contribution in [1.82, 2.24) is 14.8 Å². The molecular formula is C17H18F3N3O2. The third-order valence-corrected chi connectivity index (χ3v) is 4.64. The van der Waals surface area contributed by atoms with Crippen molar-refractivity contribution in [3.05, 3.63) is 46.2 Å². The van der Waals surface area contributed by atoms with E-state index in [1.54, 1.807) is 24.3 Å². The first-order valence-corrected chi connectivity index (χ1v) is 7.99. The van der Waals surface area contributed by atoms with E-state index in [-0.39, 0.29) is 37.2 Å². The van der Waals surface area contributed by atoms with Gasteiger partial charge in [0.1, 0.15) is 11.6 Å². The van der Waals surface area contributed by atoms with Crippen LogP contribution in [0.25, 0.3) is 10.9 Å². The highest BCUT2D eigenvalue weighted by Gasteiger charge is 2.41. The van der Waals surface area contributed by atoms with Gasteiger partial charge in [-0.1, -0.05) is 12.1 Å². The molecule has 1 aliphatic heterocycles. The Balaban J connectivity index is 1.75. The highest BCUT2D eigenvalue weighted by molar-refractivity contribution is 5.97. The van der Waals surface area contributed by atoms with Gasteiger partial charge in [-0.25, -0.2) is 0 Å². The Hall–Kier alpha value is -2.35. The number of rotatable bonds is 2. The first-order chi connectivity index (χ1) is 11.8. The number of carbonyl (C=O) groups excluding carboxylic acids is 1. The van der Waals surface area contributed by atoms with Crippen molar-refractivity contribution in [3.63, 3.8) is 0 Å². The van der Waals surface area contributed by atoms with Crippen molar-refractivity contribution in [3.8, 4) is 0 Å². The van der Waals surface area contributed by atoms with E-state index in [2.05, 4.69) is 4.98 Å². The van der Waals surface area contributed by atoms with E-state index in [1.807, 2.05) is 0 Å². The van der Waals surface area contributed by atoms with Gasteiger partial charge in [0.05, 0.1) is 0 Å². The molecule has 1 amide bonds. The molecule has 0 radical (unpaired) electrons. The van der Waals surface area contributed by atoms with Gasteiger partial charge in [0.25, 0.3) is 5.91 Å². The molecule has 3 rings (SSSR count). The Kier molecular flexibility index (Phi) is 4.55. The van der Waals surface area contributed by atoms with E-state index in [0.717, 1.165) is 6.92 Å². The molecule has 2 heterocycles. The Labute approximate surface area is 142 Å². The monoisotopic (exact) mass is 353 g/mol. The molecule has 25 heavy (non-hydrogen) atoms. The van der Waals surface area contributed by atoms with Gasteiger partial charge < -0.3 is 9.88 Å². The Morgan fingerprint density at radius 1 is 1.16 bits per heavy atom. The summed E-state index contributed by atoms with van der Waals surface area (Å²) in [7, 11) is 0. The summed E-state index contributed by atoms with van der Waals surface area (Å²) in [5.41, 5.74) is 0.273. The van der Waals surface area contributed by atoms with Crippen molar-refractivity contribution in [2.24, 2.45) is 0 Å². The number of fused-ring (bicyclic) bond motifs is 1. The number of alkyl halides is 3. The zero-order chi connectivity index (χ0) is 18.2. The second-order valence-electron chi connectivity index (χ2n) is 6.12. The first kappa shape index (κ1) is 17.5. The number of hydrogen-bond acceptors (Lipinski definition) is 3. The number of aromatic nitrogens is 1. The summed E-state index contributed by atoms with van der Waals surface area (Å²) in [6.45, 7) is 1.68. The van der Waals surface area contributed by atoms with Crippen molar-refractivity contribution in [2.45, 2.75) is 19.1 Å². The topological polar surface area (TPSA) is 56.4 Å². The van der Waals surface area contributed by atoms with Crippen molar-refractivity contribution in [2.75, 3.05) is 26.2 Å². The number of H-pyrrole nitrogens is 1. The molecule has 134 valence electrons. The molecule has 0 saturated carbocycles. The molecular weight excluding hydrogens is 335 g/mol. The fourth-order valence-corrected chi connectivity index (χ4v) is 3.02. The number of nitrogens with one attached hydrogen (secondary N) is 1. The number of piperazine rings is 1. The number of para-hydroxylation sites is 1. The van der Waals surface area contributed by atoms with Crippen molar-refractivity contribution >= 4 is 16.8 Å². The maximum atomic E-state index is 12.8. The molecule has 1 atom stereocenters. The maximum absolute atomic E-state index is 12.8. The molecule has 8 heteroatoms. The maximum Gasteiger partial charge on any atom is 0.403 e. The van der Waals surface area contributed by atoms with Crippen LogP contribution in [0.15, 0.2) is 35.3 Å². The molecule has 0 aliphatic carbocycles. The second-order valence-corrected chi connectivity index (χ2v) is 6.12. The van der Waals surface area contributed by atoms with Gasteiger partial charge in [-0.15, -0.1) is 0 Å². The quantitative estimate of drug-likeness (QED) is 0.901. The summed E-state index contributed by atoms with van der Waals surface area (Å²) in [6.07, 6.45) is -2.92. The van der Waals surface area contributed by atoms with E-state index < -0.39 is 18.1 Å². The number of pyridine rings is 1. The summed E-state index contributed by atoms with van der Waals surface area (Å²) in [4.78, 5) is 30.7. The average molecular weight is 353 g/mol. The van der Waals surface area contributed by atoms with Crippen LogP contribution in [-0.4, -0.2) is 59.1 Å². The van der Waals surface area contributed by atoms with E-state index in [1.165, 1.54) is 16.0 Å². The third kappa shape index (κ3) is 3.39. The van der Waals surface area contributed by atoms with Crippen LogP contribution in [0.2, 0.25) is 0 Å². The Bertz CT molecular complexity index is 839. The predicted molar refractivity (Wildman–Crippen MR) is 87.6 cm³/mol. The molecule has 1 fully saturated rings. The molecule has 1 N–H and O–H groups in total. The second kappa shape index (κ2) is 6.51. The van der Waals surface area contributed by atoms with Crippen LogP contribution in [-0.2, 0) is 0 Å². The lowest BCUT2D eigenvalue weighted by Gasteiger charge is -2.38. The minimum absolute atomic E-state index is 0.0102. The molecule has 0 spiro atoms. The number of carbonyl (C=O) groups is 1. The number of hydrogen-bond donors (Lipinski definition) is 1. The number of amides is 1. The van der Waals surface area contributed by atoms with Gasteiger partial charge in [0.2, 0.25) is 5.43 Å². The highest BCUT2D eigenvalue weighted by atomic mass is 19.4. The fraction of sp³-hybridized carbons (Fsp3) is 0.412. The number of benzene rings is 1. The normalized spacial score (nSPS) is 17.7. The summed E-state index contributed by atoms with van der Waals surface area (Å²) in [5.74, 6) is -0.452. The average Bonchev–Trinajstić information content (AvgIpc) is 2.60. The summed E-state index contributed by atoms with van der Waals surface area (Å²) in [6, 6.07) is 5.31. The minimum atomic E-state index is -4.29. The van der Waals surface area contributed by atoms with Crippen LogP contribution >= 0.6 is 0 Å². The third-order valence-electron chi connectivity index (χ3n) is 4.64. The lowest BCUT2D eigenvalue weighted by Crippen LogP contribution is -2.55. The summed E-state index contributed by atoms with van der Waals surface area (Å²) in [5, 5.41) is 0.415. The lowest BCUT2D eigenvalue weighted by molar-refractivity contribution is -0.181. The lowest BCUT2D eigenvalue weighted by atomic mass is 10.1. The molecule has 2 aromatic rings. The summed E-state index contributed by atoms with van der Waals surface area (Å²) >= 11 is 0. The number of nitrogens with zero attached hydrogens (tertiary/aromatic N) is 2. The molecule has 1 unspecified atom stereocenters. The standard InChI is InChI=1S/C17H18F3N3O2/c1-11(17(18,19)20)22-6-8-23(9-7-22)16(25)13-10-21-14-5-3-2-4-12(14)15(13)24/h2-5,10-11H,6-9H2,1H3,(H,21,24). The highest BCUT2D eigenvalue weighted by Crippen LogP contribution is 2.25. The van der Waals surface area contributed by atoms with Gasteiger partial charge in [0, 0.05) is 43.3 Å². The molecule has 1 aliphatic rings. The summed E-state index contributed by atoms with van der Waals surface area (Å²) < 4.78 is 38.4. The molecule has 1 aromatic heterocycles. The van der Waals surface area contributed by atoms with Crippen LogP contribution in [0, 0.1) is 0 Å². The first-order valence-electron chi connectivity index (χ1n) is 7.99.